The average Bonchev–Trinajstić information content (AvgIpc) is 4.18. The quantitative estimate of drug-likeness (QED) is 0.147. The number of fused-ring (bicyclic) bond motifs is 14. The Balaban J connectivity index is 0.836. The Kier molecular flexibility index (Phi) is 10.1. The highest BCUT2D eigenvalue weighted by Gasteiger charge is 2.52. The second kappa shape index (κ2) is 17.2. The molecule has 0 heterocycles. The number of hydrogen-bond acceptors (Lipinski definition) is 1. The Hall–Kier alpha value is -9.56. The van der Waals surface area contributed by atoms with Crippen LogP contribution < -0.4 is 4.90 Å². The number of rotatable bonds is 8. The summed E-state index contributed by atoms with van der Waals surface area (Å²) in [5.41, 5.74) is 29.5. The molecule has 0 aliphatic heterocycles. The lowest BCUT2D eigenvalue weighted by Crippen LogP contribution is -2.26. The van der Waals surface area contributed by atoms with Crippen molar-refractivity contribution >= 4 is 33.9 Å². The van der Waals surface area contributed by atoms with Gasteiger partial charge in [0.15, 0.2) is 0 Å². The standard InChI is InChI=1S/C76H53N/c1-4-49-26-28-52(29-27-49)54-34-41-67-64-21-11-14-24-70(64)76(73(67)46-54)71-25-15-12-22-65(71)68-42-35-55(47-74(68)76)60-45-44-59(61-18-8-9-19-62(60)61)53-32-38-57(39-33-53)77(56-36-30-51(31-37-56)50-16-6-5-7-17-50)58-40-43-66-63-20-10-13-23-69(63)75(2,3)72(66)48-58/h4-48H,1H2,2-3H3. The number of benzene rings is 12. The zero-order valence-electron chi connectivity index (χ0n) is 43.1. The Morgan fingerprint density at radius 2 is 0.675 bits per heavy atom. The van der Waals surface area contributed by atoms with Gasteiger partial charge in [0.1, 0.15) is 0 Å². The molecule has 0 saturated carbocycles. The average molecular weight is 980 g/mol. The molecule has 1 nitrogen and oxygen atoms in total. The molecule has 0 N–H and O–H groups in total. The highest BCUT2D eigenvalue weighted by atomic mass is 15.1. The van der Waals surface area contributed by atoms with E-state index in [0.717, 1.165) is 22.6 Å². The fourth-order valence-electron chi connectivity index (χ4n) is 13.6. The summed E-state index contributed by atoms with van der Waals surface area (Å²) < 4.78 is 0. The van der Waals surface area contributed by atoms with Crippen LogP contribution in [0.25, 0.3) is 94.7 Å². The number of hydrogen-bond donors (Lipinski definition) is 0. The van der Waals surface area contributed by atoms with E-state index in [4.69, 9.17) is 0 Å². The van der Waals surface area contributed by atoms with Gasteiger partial charge in [0, 0.05) is 22.5 Å². The SMILES string of the molecule is C=Cc1ccc(-c2ccc3c(c2)C2(c4ccccc4-3)c3ccccc3-c3ccc(-c4ccc(-c5ccc(N(c6ccc(-c7ccccc7)cc6)c6ccc7c(c6)C(C)(C)c6ccccc6-7)cc5)c5ccccc45)cc32)cc1. The van der Waals surface area contributed by atoms with Crippen LogP contribution in [-0.4, -0.2) is 0 Å². The number of nitrogens with zero attached hydrogens (tertiary/aromatic N) is 1. The fourth-order valence-corrected chi connectivity index (χ4v) is 13.6. The van der Waals surface area contributed by atoms with Crippen LogP contribution in [0.1, 0.15) is 52.8 Å². The van der Waals surface area contributed by atoms with E-state index >= 15 is 0 Å². The summed E-state index contributed by atoms with van der Waals surface area (Å²) in [6, 6.07) is 99.8. The van der Waals surface area contributed by atoms with E-state index < -0.39 is 5.41 Å². The van der Waals surface area contributed by atoms with Crippen LogP contribution in [0.3, 0.4) is 0 Å². The maximum atomic E-state index is 4.01. The van der Waals surface area contributed by atoms with Gasteiger partial charge >= 0.3 is 0 Å². The van der Waals surface area contributed by atoms with E-state index in [1.54, 1.807) is 0 Å². The van der Waals surface area contributed by atoms with Crippen molar-refractivity contribution in [2.75, 3.05) is 4.90 Å². The minimum atomic E-state index is -0.485. The molecule has 3 aliphatic rings. The molecule has 12 aromatic carbocycles. The molecule has 12 aromatic rings. The normalized spacial score (nSPS) is 14.8. The summed E-state index contributed by atoms with van der Waals surface area (Å²) in [5, 5.41) is 2.46. The van der Waals surface area contributed by atoms with Gasteiger partial charge in [0.05, 0.1) is 5.41 Å². The monoisotopic (exact) mass is 979 g/mol. The van der Waals surface area contributed by atoms with Crippen molar-refractivity contribution in [1.29, 1.82) is 0 Å². The van der Waals surface area contributed by atoms with Gasteiger partial charge in [-0.25, -0.2) is 0 Å². The first kappa shape index (κ1) is 44.9. The predicted molar refractivity (Wildman–Crippen MR) is 324 cm³/mol. The molecule has 0 fully saturated rings. The Morgan fingerprint density at radius 3 is 1.29 bits per heavy atom. The maximum absolute atomic E-state index is 4.01. The van der Waals surface area contributed by atoms with Crippen molar-refractivity contribution < 1.29 is 0 Å². The summed E-state index contributed by atoms with van der Waals surface area (Å²) in [5.74, 6) is 0. The smallest absolute Gasteiger partial charge is 0.0725 e. The highest BCUT2D eigenvalue weighted by Crippen LogP contribution is 2.64. The first-order valence-corrected chi connectivity index (χ1v) is 26.9. The summed E-state index contributed by atoms with van der Waals surface area (Å²) in [4.78, 5) is 2.42. The van der Waals surface area contributed by atoms with Crippen molar-refractivity contribution in [1.82, 2.24) is 0 Å². The molecule has 15 rings (SSSR count). The van der Waals surface area contributed by atoms with Crippen molar-refractivity contribution in [3.63, 3.8) is 0 Å². The second-order valence-corrected chi connectivity index (χ2v) is 21.6. The minimum Gasteiger partial charge on any atom is -0.310 e. The molecule has 3 aliphatic carbocycles. The lowest BCUT2D eigenvalue weighted by atomic mass is 9.70. The van der Waals surface area contributed by atoms with Gasteiger partial charge in [0.2, 0.25) is 0 Å². The molecule has 1 unspecified atom stereocenters. The van der Waals surface area contributed by atoms with E-state index in [-0.39, 0.29) is 5.41 Å². The molecule has 0 amide bonds. The Bertz CT molecular complexity index is 4340. The molecule has 1 heteroatoms. The molecule has 77 heavy (non-hydrogen) atoms. The van der Waals surface area contributed by atoms with E-state index in [1.165, 1.54) is 122 Å². The first-order valence-electron chi connectivity index (χ1n) is 26.9. The van der Waals surface area contributed by atoms with Gasteiger partial charge < -0.3 is 4.90 Å². The third-order valence-corrected chi connectivity index (χ3v) is 17.3. The summed E-state index contributed by atoms with van der Waals surface area (Å²) in [7, 11) is 0. The zero-order valence-corrected chi connectivity index (χ0v) is 43.1. The van der Waals surface area contributed by atoms with Crippen molar-refractivity contribution in [3.8, 4) is 77.9 Å². The van der Waals surface area contributed by atoms with Gasteiger partial charge in [-0.1, -0.05) is 245 Å². The van der Waals surface area contributed by atoms with Gasteiger partial charge in [-0.05, 0) is 176 Å². The maximum Gasteiger partial charge on any atom is 0.0725 e. The molecule has 0 aromatic heterocycles. The number of anilines is 3. The van der Waals surface area contributed by atoms with Crippen molar-refractivity contribution in [2.45, 2.75) is 24.7 Å². The third kappa shape index (κ3) is 6.73. The van der Waals surface area contributed by atoms with Gasteiger partial charge in [-0.2, -0.15) is 0 Å². The molecule has 0 saturated heterocycles. The first-order chi connectivity index (χ1) is 37.9. The van der Waals surface area contributed by atoms with E-state index in [9.17, 15) is 0 Å². The van der Waals surface area contributed by atoms with Crippen LogP contribution in [0, 0.1) is 0 Å². The molecule has 0 radical (unpaired) electrons. The van der Waals surface area contributed by atoms with Crippen LogP contribution in [0.5, 0.6) is 0 Å². The van der Waals surface area contributed by atoms with Crippen LogP contribution in [0.4, 0.5) is 17.1 Å². The molecular weight excluding hydrogens is 927 g/mol. The highest BCUT2D eigenvalue weighted by molar-refractivity contribution is 6.06. The third-order valence-electron chi connectivity index (χ3n) is 17.3. The lowest BCUT2D eigenvalue weighted by Gasteiger charge is -2.31. The Morgan fingerprint density at radius 1 is 0.286 bits per heavy atom. The minimum absolute atomic E-state index is 0.120. The van der Waals surface area contributed by atoms with Gasteiger partial charge in [-0.15, -0.1) is 0 Å². The van der Waals surface area contributed by atoms with Crippen LogP contribution in [0.2, 0.25) is 0 Å². The molecule has 0 bridgehead atoms. The largest absolute Gasteiger partial charge is 0.310 e. The predicted octanol–water partition coefficient (Wildman–Crippen LogP) is 20.3. The van der Waals surface area contributed by atoms with Crippen LogP contribution in [-0.2, 0) is 10.8 Å². The van der Waals surface area contributed by atoms with E-state index in [1.807, 2.05) is 6.08 Å². The van der Waals surface area contributed by atoms with Crippen molar-refractivity contribution in [3.05, 3.63) is 312 Å². The molecule has 1 spiro atoms. The topological polar surface area (TPSA) is 3.24 Å². The fraction of sp³-hybridized carbons (Fsp3) is 0.0526. The van der Waals surface area contributed by atoms with Crippen molar-refractivity contribution in [2.24, 2.45) is 0 Å². The molecular formula is C76H53N. The second-order valence-electron chi connectivity index (χ2n) is 21.6. The summed E-state index contributed by atoms with van der Waals surface area (Å²) in [6.07, 6.45) is 1.91. The van der Waals surface area contributed by atoms with Gasteiger partial charge in [-0.3, -0.25) is 0 Å². The Labute approximate surface area is 451 Å². The van der Waals surface area contributed by atoms with E-state index in [2.05, 4.69) is 292 Å². The molecule has 1 atom stereocenters. The van der Waals surface area contributed by atoms with Crippen LogP contribution in [0.15, 0.2) is 273 Å². The molecule has 362 valence electrons. The lowest BCUT2D eigenvalue weighted by molar-refractivity contribution is 0.660. The van der Waals surface area contributed by atoms with Gasteiger partial charge in [0.25, 0.3) is 0 Å². The van der Waals surface area contributed by atoms with E-state index in [0.29, 0.717) is 0 Å². The summed E-state index contributed by atoms with van der Waals surface area (Å²) in [6.45, 7) is 8.73. The zero-order chi connectivity index (χ0) is 51.4. The van der Waals surface area contributed by atoms with Crippen LogP contribution >= 0.6 is 0 Å². The summed E-state index contributed by atoms with van der Waals surface area (Å²) >= 11 is 0.